The van der Waals surface area contributed by atoms with Crippen molar-refractivity contribution in [3.05, 3.63) is 35.4 Å². The number of rotatable bonds is 7. The monoisotopic (exact) mass is 423 g/mol. The van der Waals surface area contributed by atoms with Crippen LogP contribution in [0.1, 0.15) is 24.0 Å². The highest BCUT2D eigenvalue weighted by Gasteiger charge is 2.22. The van der Waals surface area contributed by atoms with E-state index in [9.17, 15) is 10.4 Å². The number of piperidine rings is 1. The summed E-state index contributed by atoms with van der Waals surface area (Å²) in [7, 11) is 1.55. The van der Waals surface area contributed by atoms with Crippen LogP contribution in [0.2, 0.25) is 0 Å². The van der Waals surface area contributed by atoms with E-state index in [1.54, 1.807) is 25.3 Å². The lowest BCUT2D eigenvalue weighted by Gasteiger charge is -2.32. The Hall–Kier alpha value is -3.19. The zero-order chi connectivity index (χ0) is 21.8. The summed E-state index contributed by atoms with van der Waals surface area (Å²) in [5.74, 6) is -0.0361. The topological polar surface area (TPSA) is 128 Å². The number of anilines is 1. The summed E-state index contributed by atoms with van der Waals surface area (Å²) in [6.07, 6.45) is 2.04. The average molecular weight is 423 g/mol. The number of phenolic OH excluding ortho intramolecular Hbond substituents is 1. The average Bonchev–Trinajstić information content (AvgIpc) is 3.15. The third-order valence-electron chi connectivity index (χ3n) is 5.39. The molecule has 1 saturated heterocycles. The number of likely N-dealkylation sites (tertiary alicyclic amines) is 1. The predicted octanol–water partition coefficient (Wildman–Crippen LogP) is 2.48. The fraction of sp³-hybridized carbons (Fsp3) is 0.409. The fourth-order valence-corrected chi connectivity index (χ4v) is 4.03. The number of pyridine rings is 1. The van der Waals surface area contributed by atoms with Gasteiger partial charge in [0, 0.05) is 31.8 Å². The zero-order valence-electron chi connectivity index (χ0n) is 17.3. The standard InChI is InChI=1S/C22H25N5O4/c1-30-13-15-9-14(11-23)10-18(29)20(15)17-4-5-19-21(25-17)26-22(31-19)24-16-3-2-6-27(12-16)7-8-28/h4-5,9-10,16,28-29H,2-3,6-8,12-13H2,1H3,(H,24,25,26)/t16-/m1/s1. The zero-order valence-corrected chi connectivity index (χ0v) is 17.3. The first kappa shape index (κ1) is 21.1. The Balaban J connectivity index is 1.61. The van der Waals surface area contributed by atoms with Gasteiger partial charge in [0.1, 0.15) is 5.75 Å². The molecule has 0 amide bonds. The van der Waals surface area contributed by atoms with Gasteiger partial charge in [-0.2, -0.15) is 10.2 Å². The lowest BCUT2D eigenvalue weighted by atomic mass is 10.00. The molecule has 1 aliphatic rings. The molecule has 1 fully saturated rings. The lowest BCUT2D eigenvalue weighted by Crippen LogP contribution is -2.43. The highest BCUT2D eigenvalue weighted by molar-refractivity contribution is 5.79. The van der Waals surface area contributed by atoms with Gasteiger partial charge in [-0.25, -0.2) is 4.98 Å². The van der Waals surface area contributed by atoms with Gasteiger partial charge in [0.2, 0.25) is 5.65 Å². The quantitative estimate of drug-likeness (QED) is 0.525. The van der Waals surface area contributed by atoms with E-state index < -0.39 is 0 Å². The molecule has 3 N–H and O–H groups in total. The largest absolute Gasteiger partial charge is 0.507 e. The third-order valence-corrected chi connectivity index (χ3v) is 5.39. The highest BCUT2D eigenvalue weighted by atomic mass is 16.5. The van der Waals surface area contributed by atoms with Gasteiger partial charge in [-0.05, 0) is 49.2 Å². The van der Waals surface area contributed by atoms with Crippen molar-refractivity contribution in [2.75, 3.05) is 38.7 Å². The van der Waals surface area contributed by atoms with Crippen LogP contribution >= 0.6 is 0 Å². The Morgan fingerprint density at radius 3 is 3.00 bits per heavy atom. The molecule has 4 rings (SSSR count). The molecule has 1 aliphatic heterocycles. The molecular formula is C22H25N5O4. The van der Waals surface area contributed by atoms with E-state index in [4.69, 9.17) is 14.3 Å². The van der Waals surface area contributed by atoms with Crippen LogP contribution in [0.25, 0.3) is 22.5 Å². The molecule has 0 spiro atoms. The van der Waals surface area contributed by atoms with Crippen LogP contribution in [0.3, 0.4) is 0 Å². The summed E-state index contributed by atoms with van der Waals surface area (Å²) >= 11 is 0. The van der Waals surface area contributed by atoms with E-state index in [0.717, 1.165) is 25.9 Å². The summed E-state index contributed by atoms with van der Waals surface area (Å²) in [6.45, 7) is 2.84. The molecule has 162 valence electrons. The SMILES string of the molecule is COCc1cc(C#N)cc(O)c1-c1ccc2oc(N[C@@H]3CCCN(CCO)C3)nc2n1. The Kier molecular flexibility index (Phi) is 6.32. The number of aliphatic hydroxyl groups is 1. The number of aliphatic hydroxyl groups excluding tert-OH is 1. The van der Waals surface area contributed by atoms with Gasteiger partial charge in [-0.15, -0.1) is 0 Å². The second kappa shape index (κ2) is 9.31. The van der Waals surface area contributed by atoms with Gasteiger partial charge in [0.25, 0.3) is 6.01 Å². The number of methoxy groups -OCH3 is 1. The number of phenols is 1. The number of benzene rings is 1. The molecule has 31 heavy (non-hydrogen) atoms. The van der Waals surface area contributed by atoms with E-state index in [1.165, 1.54) is 6.07 Å². The van der Waals surface area contributed by atoms with Gasteiger partial charge < -0.3 is 24.7 Å². The molecule has 0 unspecified atom stereocenters. The number of ether oxygens (including phenoxy) is 1. The van der Waals surface area contributed by atoms with Crippen molar-refractivity contribution in [2.45, 2.75) is 25.5 Å². The molecule has 0 aliphatic carbocycles. The van der Waals surface area contributed by atoms with Gasteiger partial charge in [-0.1, -0.05) is 0 Å². The van der Waals surface area contributed by atoms with Crippen molar-refractivity contribution in [2.24, 2.45) is 0 Å². The first-order valence-electron chi connectivity index (χ1n) is 10.2. The lowest BCUT2D eigenvalue weighted by molar-refractivity contribution is 0.166. The Bertz CT molecular complexity index is 1110. The van der Waals surface area contributed by atoms with Gasteiger partial charge >= 0.3 is 0 Å². The predicted molar refractivity (Wildman–Crippen MR) is 115 cm³/mol. The normalized spacial score (nSPS) is 17.0. The maximum Gasteiger partial charge on any atom is 0.297 e. The second-order valence-corrected chi connectivity index (χ2v) is 7.62. The minimum absolute atomic E-state index is 0.0361. The van der Waals surface area contributed by atoms with Gasteiger partial charge in [0.15, 0.2) is 5.58 Å². The number of nitrogens with zero attached hydrogens (tertiary/aromatic N) is 4. The van der Waals surface area contributed by atoms with E-state index in [1.807, 2.05) is 6.07 Å². The van der Waals surface area contributed by atoms with Gasteiger partial charge in [-0.3, -0.25) is 4.90 Å². The van der Waals surface area contributed by atoms with Crippen molar-refractivity contribution in [1.82, 2.24) is 14.9 Å². The smallest absolute Gasteiger partial charge is 0.297 e. The van der Waals surface area contributed by atoms with Crippen LogP contribution in [-0.2, 0) is 11.3 Å². The number of nitrogens with one attached hydrogen (secondary N) is 1. The van der Waals surface area contributed by atoms with Crippen molar-refractivity contribution in [3.8, 4) is 23.1 Å². The fourth-order valence-electron chi connectivity index (χ4n) is 4.03. The number of oxazole rings is 1. The third kappa shape index (κ3) is 4.61. The van der Waals surface area contributed by atoms with Crippen LogP contribution in [0, 0.1) is 11.3 Å². The molecule has 0 radical (unpaired) electrons. The summed E-state index contributed by atoms with van der Waals surface area (Å²) < 4.78 is 11.1. The molecule has 3 aromatic rings. The van der Waals surface area contributed by atoms with Crippen LogP contribution < -0.4 is 5.32 Å². The van der Waals surface area contributed by atoms with Crippen molar-refractivity contribution >= 4 is 17.2 Å². The van der Waals surface area contributed by atoms with Crippen molar-refractivity contribution in [3.63, 3.8) is 0 Å². The molecular weight excluding hydrogens is 398 g/mol. The van der Waals surface area contributed by atoms with Crippen LogP contribution in [-0.4, -0.2) is 64.5 Å². The molecule has 0 bridgehead atoms. The van der Waals surface area contributed by atoms with E-state index in [-0.39, 0.29) is 25.0 Å². The molecule has 3 heterocycles. The maximum atomic E-state index is 10.5. The number of aromatic nitrogens is 2. The van der Waals surface area contributed by atoms with E-state index in [0.29, 0.717) is 46.2 Å². The molecule has 9 heteroatoms. The maximum absolute atomic E-state index is 10.5. The Labute approximate surface area is 179 Å². The van der Waals surface area contributed by atoms with Crippen LogP contribution in [0.4, 0.5) is 6.01 Å². The Morgan fingerprint density at radius 1 is 1.35 bits per heavy atom. The number of nitriles is 1. The number of hydrogen-bond donors (Lipinski definition) is 3. The van der Waals surface area contributed by atoms with E-state index >= 15 is 0 Å². The second-order valence-electron chi connectivity index (χ2n) is 7.62. The number of fused-ring (bicyclic) bond motifs is 1. The Morgan fingerprint density at radius 2 is 2.23 bits per heavy atom. The van der Waals surface area contributed by atoms with Crippen LogP contribution in [0.5, 0.6) is 5.75 Å². The summed E-state index contributed by atoms with van der Waals surface area (Å²) in [6, 6.07) is 9.24. The summed E-state index contributed by atoms with van der Waals surface area (Å²) in [5.41, 5.74) is 3.01. The molecule has 2 aromatic heterocycles. The first-order chi connectivity index (χ1) is 15.1. The molecule has 1 aromatic carbocycles. The minimum Gasteiger partial charge on any atom is -0.507 e. The molecule has 0 saturated carbocycles. The number of β-amino-alcohol motifs (C(OH)–C–C–N with tert-alkyl or cyclic N) is 1. The number of aromatic hydroxyl groups is 1. The molecule has 1 atom stereocenters. The summed E-state index contributed by atoms with van der Waals surface area (Å²) in [4.78, 5) is 11.3. The summed E-state index contributed by atoms with van der Waals surface area (Å²) in [5, 5.41) is 32.2. The van der Waals surface area contributed by atoms with Gasteiger partial charge in [0.05, 0.1) is 30.5 Å². The highest BCUT2D eigenvalue weighted by Crippen LogP contribution is 2.34. The van der Waals surface area contributed by atoms with Crippen molar-refractivity contribution < 1.29 is 19.4 Å². The minimum atomic E-state index is -0.0361. The first-order valence-corrected chi connectivity index (χ1v) is 10.2. The van der Waals surface area contributed by atoms with Crippen LogP contribution in [0.15, 0.2) is 28.7 Å². The van der Waals surface area contributed by atoms with Crippen molar-refractivity contribution in [1.29, 1.82) is 5.26 Å². The van der Waals surface area contributed by atoms with E-state index in [2.05, 4.69) is 20.2 Å². The number of hydrogen-bond acceptors (Lipinski definition) is 9. The molecule has 9 nitrogen and oxygen atoms in total.